The Morgan fingerprint density at radius 1 is 1.45 bits per heavy atom. The third-order valence-electron chi connectivity index (χ3n) is 4.18. The summed E-state index contributed by atoms with van der Waals surface area (Å²) in [6, 6.07) is 5.73. The van der Waals surface area contributed by atoms with Crippen LogP contribution in [0.4, 0.5) is 0 Å². The van der Waals surface area contributed by atoms with Crippen LogP contribution in [-0.4, -0.2) is 35.9 Å². The van der Waals surface area contributed by atoms with Gasteiger partial charge in [0, 0.05) is 35.3 Å². The van der Waals surface area contributed by atoms with Crippen LogP contribution >= 0.6 is 11.6 Å². The van der Waals surface area contributed by atoms with Crippen molar-refractivity contribution in [3.63, 3.8) is 0 Å². The van der Waals surface area contributed by atoms with E-state index in [0.29, 0.717) is 5.92 Å². The minimum Gasteiger partial charge on any atom is -0.346 e. The van der Waals surface area contributed by atoms with E-state index in [1.54, 1.807) is 0 Å². The summed E-state index contributed by atoms with van der Waals surface area (Å²) in [5.74, 6) is 0.642. The summed E-state index contributed by atoms with van der Waals surface area (Å²) >= 11 is 6.10. The molecule has 2 aromatic rings. The second kappa shape index (κ2) is 5.58. The quantitative estimate of drug-likeness (QED) is 0.809. The highest BCUT2D eigenvalue weighted by atomic mass is 35.5. The van der Waals surface area contributed by atoms with Gasteiger partial charge in [-0.05, 0) is 44.5 Å². The van der Waals surface area contributed by atoms with Gasteiger partial charge in [0.2, 0.25) is 0 Å². The standard InChI is InChI=1S/C16H19ClN2O/c1-18-6-2-3-12(8-18)9-19-10-13(11-20)15-5-4-14(17)7-16(15)19/h4-5,7,10-12H,2-3,6,8-9H2,1H3/t12-/m0/s1. The predicted molar refractivity (Wildman–Crippen MR) is 82.6 cm³/mol. The zero-order valence-corrected chi connectivity index (χ0v) is 12.4. The van der Waals surface area contributed by atoms with Gasteiger partial charge in [-0.3, -0.25) is 4.79 Å². The molecule has 2 heterocycles. The average molecular weight is 291 g/mol. The van der Waals surface area contributed by atoms with Gasteiger partial charge < -0.3 is 9.47 Å². The van der Waals surface area contributed by atoms with Gasteiger partial charge in [-0.1, -0.05) is 17.7 Å². The molecule has 1 aliphatic rings. The van der Waals surface area contributed by atoms with Crippen molar-refractivity contribution in [2.24, 2.45) is 5.92 Å². The number of hydrogen-bond acceptors (Lipinski definition) is 2. The maximum absolute atomic E-state index is 11.2. The van der Waals surface area contributed by atoms with Crippen LogP contribution in [0.5, 0.6) is 0 Å². The molecule has 20 heavy (non-hydrogen) atoms. The zero-order chi connectivity index (χ0) is 14.1. The lowest BCUT2D eigenvalue weighted by atomic mass is 9.98. The molecule has 0 amide bonds. The van der Waals surface area contributed by atoms with Crippen LogP contribution in [0.1, 0.15) is 23.2 Å². The lowest BCUT2D eigenvalue weighted by Gasteiger charge is -2.30. The van der Waals surface area contributed by atoms with Gasteiger partial charge in [-0.15, -0.1) is 0 Å². The molecule has 106 valence electrons. The van der Waals surface area contributed by atoms with Gasteiger partial charge >= 0.3 is 0 Å². The summed E-state index contributed by atoms with van der Waals surface area (Å²) < 4.78 is 2.19. The maximum atomic E-state index is 11.2. The van der Waals surface area contributed by atoms with E-state index in [4.69, 9.17) is 11.6 Å². The highest BCUT2D eigenvalue weighted by Crippen LogP contribution is 2.26. The first-order valence-electron chi connectivity index (χ1n) is 7.09. The number of fused-ring (bicyclic) bond motifs is 1. The molecular weight excluding hydrogens is 272 g/mol. The number of piperidine rings is 1. The number of aromatic nitrogens is 1. The molecule has 3 rings (SSSR count). The van der Waals surface area contributed by atoms with Crippen molar-refractivity contribution in [3.05, 3.63) is 35.0 Å². The van der Waals surface area contributed by atoms with Gasteiger partial charge in [0.1, 0.15) is 0 Å². The number of nitrogens with zero attached hydrogens (tertiary/aromatic N) is 2. The van der Waals surface area contributed by atoms with Crippen molar-refractivity contribution in [3.8, 4) is 0 Å². The second-order valence-corrected chi connectivity index (χ2v) is 6.22. The molecule has 0 N–H and O–H groups in total. The first-order chi connectivity index (χ1) is 9.67. The Labute approximate surface area is 124 Å². The molecular formula is C16H19ClN2O. The van der Waals surface area contributed by atoms with E-state index < -0.39 is 0 Å². The first-order valence-corrected chi connectivity index (χ1v) is 7.47. The number of aldehydes is 1. The lowest BCUT2D eigenvalue weighted by Crippen LogP contribution is -2.33. The number of rotatable bonds is 3. The Morgan fingerprint density at radius 3 is 3.05 bits per heavy atom. The monoisotopic (exact) mass is 290 g/mol. The van der Waals surface area contributed by atoms with Gasteiger partial charge in [0.15, 0.2) is 6.29 Å². The molecule has 0 bridgehead atoms. The Bertz CT molecular complexity index is 635. The van der Waals surface area contributed by atoms with Crippen LogP contribution < -0.4 is 0 Å². The minimum atomic E-state index is 0.642. The molecule has 0 radical (unpaired) electrons. The van der Waals surface area contributed by atoms with E-state index in [0.717, 1.165) is 40.9 Å². The molecule has 1 aliphatic heterocycles. The van der Waals surface area contributed by atoms with Crippen LogP contribution in [0.3, 0.4) is 0 Å². The molecule has 1 aromatic carbocycles. The number of halogens is 1. The van der Waals surface area contributed by atoms with Gasteiger partial charge in [-0.25, -0.2) is 0 Å². The van der Waals surface area contributed by atoms with Crippen LogP contribution in [0, 0.1) is 5.92 Å². The highest BCUT2D eigenvalue weighted by molar-refractivity contribution is 6.31. The molecule has 1 aromatic heterocycles. The van der Waals surface area contributed by atoms with E-state index in [2.05, 4.69) is 16.5 Å². The van der Waals surface area contributed by atoms with Crippen molar-refractivity contribution in [2.45, 2.75) is 19.4 Å². The van der Waals surface area contributed by atoms with Gasteiger partial charge in [0.25, 0.3) is 0 Å². The normalized spacial score (nSPS) is 20.4. The Kier molecular flexibility index (Phi) is 3.81. The Hall–Kier alpha value is -1.32. The summed E-state index contributed by atoms with van der Waals surface area (Å²) in [6.07, 6.45) is 5.39. The van der Waals surface area contributed by atoms with E-state index in [1.165, 1.54) is 19.4 Å². The van der Waals surface area contributed by atoms with E-state index >= 15 is 0 Å². The number of carbonyl (C=O) groups excluding carboxylic acids is 1. The van der Waals surface area contributed by atoms with Crippen molar-refractivity contribution < 1.29 is 4.79 Å². The highest BCUT2D eigenvalue weighted by Gasteiger charge is 2.19. The van der Waals surface area contributed by atoms with Gasteiger partial charge in [0.05, 0.1) is 5.52 Å². The topological polar surface area (TPSA) is 25.2 Å². The average Bonchev–Trinajstić information content (AvgIpc) is 2.76. The van der Waals surface area contributed by atoms with E-state index in [1.807, 2.05) is 24.4 Å². The third-order valence-corrected chi connectivity index (χ3v) is 4.41. The van der Waals surface area contributed by atoms with Crippen molar-refractivity contribution in [2.75, 3.05) is 20.1 Å². The van der Waals surface area contributed by atoms with Crippen molar-refractivity contribution in [1.29, 1.82) is 0 Å². The predicted octanol–water partition coefficient (Wildman–Crippen LogP) is 3.45. The largest absolute Gasteiger partial charge is 0.346 e. The van der Waals surface area contributed by atoms with E-state index in [9.17, 15) is 4.79 Å². The Balaban J connectivity index is 1.94. The van der Waals surface area contributed by atoms with Crippen LogP contribution in [-0.2, 0) is 6.54 Å². The molecule has 0 unspecified atom stereocenters. The fourth-order valence-electron chi connectivity index (χ4n) is 3.24. The maximum Gasteiger partial charge on any atom is 0.152 e. The summed E-state index contributed by atoms with van der Waals surface area (Å²) in [4.78, 5) is 13.6. The molecule has 1 fully saturated rings. The summed E-state index contributed by atoms with van der Waals surface area (Å²) in [6.45, 7) is 3.26. The smallest absolute Gasteiger partial charge is 0.152 e. The second-order valence-electron chi connectivity index (χ2n) is 5.79. The number of benzene rings is 1. The fraction of sp³-hybridized carbons (Fsp3) is 0.438. The molecule has 4 heteroatoms. The summed E-state index contributed by atoms with van der Waals surface area (Å²) in [5.41, 5.74) is 1.81. The van der Waals surface area contributed by atoms with Crippen molar-refractivity contribution in [1.82, 2.24) is 9.47 Å². The number of likely N-dealkylation sites (tertiary alicyclic amines) is 1. The third kappa shape index (κ3) is 2.60. The molecule has 0 aliphatic carbocycles. The molecule has 0 spiro atoms. The van der Waals surface area contributed by atoms with Crippen LogP contribution in [0.2, 0.25) is 5.02 Å². The molecule has 0 saturated carbocycles. The number of carbonyl (C=O) groups is 1. The van der Waals surface area contributed by atoms with Gasteiger partial charge in [-0.2, -0.15) is 0 Å². The minimum absolute atomic E-state index is 0.642. The molecule has 3 nitrogen and oxygen atoms in total. The molecule has 1 saturated heterocycles. The summed E-state index contributed by atoms with van der Waals surface area (Å²) in [7, 11) is 2.17. The Morgan fingerprint density at radius 2 is 2.30 bits per heavy atom. The SMILES string of the molecule is CN1CCC[C@H](Cn2cc(C=O)c3ccc(Cl)cc32)C1. The van der Waals surface area contributed by atoms with E-state index in [-0.39, 0.29) is 0 Å². The zero-order valence-electron chi connectivity index (χ0n) is 11.7. The lowest BCUT2D eigenvalue weighted by molar-refractivity contribution is 0.112. The number of hydrogen-bond donors (Lipinski definition) is 0. The van der Waals surface area contributed by atoms with Crippen molar-refractivity contribution >= 4 is 28.8 Å². The first kappa shape index (κ1) is 13.7. The van der Waals surface area contributed by atoms with Crippen LogP contribution in [0.25, 0.3) is 10.9 Å². The summed E-state index contributed by atoms with van der Waals surface area (Å²) in [5, 5.41) is 1.71. The molecule has 1 atom stereocenters. The van der Waals surface area contributed by atoms with Crippen LogP contribution in [0.15, 0.2) is 24.4 Å². The fourth-order valence-corrected chi connectivity index (χ4v) is 3.41.